The maximum Gasteiger partial charge on any atom is 0.137 e. The molecule has 4 aromatic carbocycles. The molecule has 5 heteroatoms. The van der Waals surface area contributed by atoms with Crippen LogP contribution in [0.5, 0.6) is 0 Å². The molecule has 0 N–H and O–H groups in total. The molecule has 4 heterocycles. The molecule has 0 spiro atoms. The number of para-hydroxylation sites is 2. The van der Waals surface area contributed by atoms with Crippen LogP contribution < -0.4 is 4.90 Å². The normalized spacial score (nSPS) is 13.6. The first-order valence-corrected chi connectivity index (χ1v) is 12.9. The van der Waals surface area contributed by atoms with Gasteiger partial charge in [-0.2, -0.15) is 0 Å². The summed E-state index contributed by atoms with van der Waals surface area (Å²) in [5.41, 5.74) is 7.03. The minimum absolute atomic E-state index is 0.849. The predicted molar refractivity (Wildman–Crippen MR) is 157 cm³/mol. The molecule has 0 unspecified atom stereocenters. The largest absolute Gasteiger partial charge is 0.361 e. The Hall–Kier alpha value is -5.03. The van der Waals surface area contributed by atoms with Crippen molar-refractivity contribution in [2.75, 3.05) is 18.6 Å². The second-order valence-corrected chi connectivity index (χ2v) is 9.96. The van der Waals surface area contributed by atoms with Crippen molar-refractivity contribution in [3.63, 3.8) is 0 Å². The molecule has 8 rings (SSSR count). The van der Waals surface area contributed by atoms with E-state index in [0.29, 0.717) is 0 Å². The number of pyridine rings is 1. The third-order valence-corrected chi connectivity index (χ3v) is 7.66. The number of rotatable bonds is 3. The second kappa shape index (κ2) is 7.98. The number of hydrogen-bond acceptors (Lipinski definition) is 3. The molecule has 0 amide bonds. The van der Waals surface area contributed by atoms with Crippen molar-refractivity contribution in [1.82, 2.24) is 19.0 Å². The molecule has 38 heavy (non-hydrogen) atoms. The molecular weight excluding hydrogens is 466 g/mol. The lowest BCUT2D eigenvalue weighted by atomic mass is 10.1. The van der Waals surface area contributed by atoms with E-state index in [-0.39, 0.29) is 0 Å². The van der Waals surface area contributed by atoms with Crippen LogP contribution in [0.3, 0.4) is 0 Å². The van der Waals surface area contributed by atoms with Gasteiger partial charge in [0.2, 0.25) is 0 Å². The molecule has 0 saturated carbocycles. The van der Waals surface area contributed by atoms with Gasteiger partial charge in [0, 0.05) is 58.6 Å². The van der Waals surface area contributed by atoms with Gasteiger partial charge in [-0.1, -0.05) is 54.6 Å². The van der Waals surface area contributed by atoms with E-state index < -0.39 is 0 Å². The Kier molecular flexibility index (Phi) is 4.43. The maximum absolute atomic E-state index is 4.72. The van der Waals surface area contributed by atoms with Gasteiger partial charge in [0.1, 0.15) is 5.82 Å². The second-order valence-electron chi connectivity index (χ2n) is 9.96. The number of anilines is 1. The lowest BCUT2D eigenvalue weighted by Crippen LogP contribution is -2.21. The minimum atomic E-state index is 0.849. The van der Waals surface area contributed by atoms with Crippen molar-refractivity contribution in [3.8, 4) is 11.5 Å². The Labute approximate surface area is 220 Å². The lowest BCUT2D eigenvalue weighted by Gasteiger charge is -2.19. The summed E-state index contributed by atoms with van der Waals surface area (Å²) in [6.07, 6.45) is 6.12. The zero-order chi connectivity index (χ0) is 25.2. The number of nitrogens with zero attached hydrogens (tertiary/aromatic N) is 5. The zero-order valence-electron chi connectivity index (χ0n) is 21.0. The predicted octanol–water partition coefficient (Wildman–Crippen LogP) is 7.46. The molecule has 7 aromatic rings. The third kappa shape index (κ3) is 3.02. The van der Waals surface area contributed by atoms with Gasteiger partial charge in [0.15, 0.2) is 0 Å². The molecule has 3 aromatic heterocycles. The standard InChI is InChI=1S/C33H25N5/c1-35-18-19-36(22-35)23-13-15-27-25-8-2-4-10-29(25)37(31(27)20-23)24-14-16-28-26-9-3-5-11-30(26)38(32(28)21-24)33-12-6-7-17-34-33/h2-21H,22H2,1H3. The van der Waals surface area contributed by atoms with Gasteiger partial charge < -0.3 is 14.4 Å². The minimum Gasteiger partial charge on any atom is -0.361 e. The summed E-state index contributed by atoms with van der Waals surface area (Å²) in [5, 5.41) is 4.97. The van der Waals surface area contributed by atoms with Crippen LogP contribution in [0.15, 0.2) is 122 Å². The molecule has 0 bridgehead atoms. The third-order valence-electron chi connectivity index (χ3n) is 7.66. The molecule has 1 aliphatic rings. The fraction of sp³-hybridized carbons (Fsp3) is 0.0606. The Morgan fingerprint density at radius 1 is 0.553 bits per heavy atom. The van der Waals surface area contributed by atoms with Crippen LogP contribution in [-0.4, -0.2) is 32.7 Å². The van der Waals surface area contributed by atoms with Crippen molar-refractivity contribution in [3.05, 3.63) is 122 Å². The van der Waals surface area contributed by atoms with Gasteiger partial charge in [0.25, 0.3) is 0 Å². The van der Waals surface area contributed by atoms with Crippen molar-refractivity contribution in [2.24, 2.45) is 0 Å². The Balaban J connectivity index is 1.43. The zero-order valence-corrected chi connectivity index (χ0v) is 21.0. The van der Waals surface area contributed by atoms with Crippen LogP contribution in [0.1, 0.15) is 0 Å². The van der Waals surface area contributed by atoms with Crippen molar-refractivity contribution in [1.29, 1.82) is 0 Å². The summed E-state index contributed by atoms with van der Waals surface area (Å²) in [7, 11) is 2.10. The molecule has 0 saturated heterocycles. The number of aromatic nitrogens is 3. The van der Waals surface area contributed by atoms with Gasteiger partial charge >= 0.3 is 0 Å². The van der Waals surface area contributed by atoms with E-state index in [1.807, 2.05) is 18.3 Å². The summed E-state index contributed by atoms with van der Waals surface area (Å²) in [6.45, 7) is 0.849. The Morgan fingerprint density at radius 3 is 1.84 bits per heavy atom. The average Bonchev–Trinajstić information content (AvgIpc) is 3.64. The summed E-state index contributed by atoms with van der Waals surface area (Å²) < 4.78 is 4.68. The lowest BCUT2D eigenvalue weighted by molar-refractivity contribution is 0.496. The van der Waals surface area contributed by atoms with Gasteiger partial charge in [-0.25, -0.2) is 4.98 Å². The molecule has 182 valence electrons. The first-order chi connectivity index (χ1) is 18.8. The van der Waals surface area contributed by atoms with Crippen LogP contribution in [0.4, 0.5) is 5.69 Å². The highest BCUT2D eigenvalue weighted by Gasteiger charge is 2.18. The van der Waals surface area contributed by atoms with E-state index in [9.17, 15) is 0 Å². The van der Waals surface area contributed by atoms with Gasteiger partial charge in [-0.3, -0.25) is 4.57 Å². The fourth-order valence-electron chi connectivity index (χ4n) is 5.94. The summed E-state index contributed by atoms with van der Waals surface area (Å²) in [5.74, 6) is 0.922. The molecular formula is C33H25N5. The van der Waals surface area contributed by atoms with E-state index in [2.05, 4.69) is 129 Å². The fourth-order valence-corrected chi connectivity index (χ4v) is 5.94. The highest BCUT2D eigenvalue weighted by Crippen LogP contribution is 2.37. The van der Waals surface area contributed by atoms with Gasteiger partial charge in [0.05, 0.1) is 28.7 Å². The van der Waals surface area contributed by atoms with E-state index in [1.54, 1.807) is 0 Å². The maximum atomic E-state index is 4.72. The smallest absolute Gasteiger partial charge is 0.137 e. The van der Waals surface area contributed by atoms with E-state index >= 15 is 0 Å². The Morgan fingerprint density at radius 2 is 1.16 bits per heavy atom. The molecule has 0 fully saturated rings. The SMILES string of the molecule is CN1C=CN(c2ccc3c4ccccc4n(-c4ccc5c6ccccc6n(-c6ccccn6)c5c4)c3c2)C1. The molecule has 0 radical (unpaired) electrons. The van der Waals surface area contributed by atoms with Crippen LogP contribution >= 0.6 is 0 Å². The van der Waals surface area contributed by atoms with Crippen LogP contribution in [-0.2, 0) is 0 Å². The summed E-state index contributed by atoms with van der Waals surface area (Å²) >= 11 is 0. The first kappa shape index (κ1) is 21.1. The van der Waals surface area contributed by atoms with E-state index in [1.165, 1.54) is 38.3 Å². The topological polar surface area (TPSA) is 29.2 Å². The van der Waals surface area contributed by atoms with Crippen LogP contribution in [0.2, 0.25) is 0 Å². The average molecular weight is 492 g/mol. The van der Waals surface area contributed by atoms with Crippen LogP contribution in [0.25, 0.3) is 55.1 Å². The van der Waals surface area contributed by atoms with Gasteiger partial charge in [-0.05, 0) is 48.5 Å². The quantitative estimate of drug-likeness (QED) is 0.257. The van der Waals surface area contributed by atoms with Crippen LogP contribution in [0, 0.1) is 0 Å². The van der Waals surface area contributed by atoms with Crippen molar-refractivity contribution >= 4 is 49.3 Å². The summed E-state index contributed by atoms with van der Waals surface area (Å²) in [6, 6.07) is 37.0. The highest BCUT2D eigenvalue weighted by molar-refractivity contribution is 6.12. The monoisotopic (exact) mass is 491 g/mol. The van der Waals surface area contributed by atoms with Crippen molar-refractivity contribution < 1.29 is 0 Å². The molecule has 0 aliphatic carbocycles. The number of benzene rings is 4. The summed E-state index contributed by atoms with van der Waals surface area (Å²) in [4.78, 5) is 9.18. The highest BCUT2D eigenvalue weighted by atomic mass is 15.3. The number of hydrogen-bond donors (Lipinski definition) is 0. The number of fused-ring (bicyclic) bond motifs is 6. The van der Waals surface area contributed by atoms with E-state index in [0.717, 1.165) is 29.2 Å². The molecule has 1 aliphatic heterocycles. The van der Waals surface area contributed by atoms with E-state index in [4.69, 9.17) is 4.98 Å². The first-order valence-electron chi connectivity index (χ1n) is 12.9. The van der Waals surface area contributed by atoms with Gasteiger partial charge in [-0.15, -0.1) is 0 Å². The molecule has 0 atom stereocenters. The van der Waals surface area contributed by atoms with Crippen molar-refractivity contribution in [2.45, 2.75) is 0 Å². The molecule has 5 nitrogen and oxygen atoms in total. The Bertz CT molecular complexity index is 2030.